The number of unbranched alkanes of at least 4 members (excludes halogenated alkanes) is 2. The Balaban J connectivity index is 1.39. The molecule has 0 amide bonds. The van der Waals surface area contributed by atoms with E-state index < -0.39 is 10.2 Å². The van der Waals surface area contributed by atoms with Crippen molar-refractivity contribution in [3.63, 3.8) is 0 Å². The van der Waals surface area contributed by atoms with Crippen LogP contribution in [0, 0.1) is 0 Å². The standard InChI is InChI=1S/C23H33N5O4S/c1-3-22(26-32-4-2)19-8-10-21(11-9-19)31-17-7-5-6-14-27-15-16-28(33(27,29)30)20-12-13-25-23(24)18-20/h8-13,18H,3-7,14-17H2,1-2H3,(H2,24,25). The minimum atomic E-state index is -3.52. The Morgan fingerprint density at radius 2 is 1.91 bits per heavy atom. The zero-order chi connectivity index (χ0) is 23.7. The molecular weight excluding hydrogens is 442 g/mol. The molecule has 1 aliphatic heterocycles. The summed E-state index contributed by atoms with van der Waals surface area (Å²) in [5, 5.41) is 4.14. The minimum Gasteiger partial charge on any atom is -0.494 e. The van der Waals surface area contributed by atoms with E-state index in [1.165, 1.54) is 14.8 Å². The zero-order valence-corrected chi connectivity index (χ0v) is 20.1. The van der Waals surface area contributed by atoms with E-state index in [9.17, 15) is 8.42 Å². The molecule has 33 heavy (non-hydrogen) atoms. The molecule has 2 aromatic rings. The fourth-order valence-corrected chi connectivity index (χ4v) is 5.26. The van der Waals surface area contributed by atoms with E-state index in [-0.39, 0.29) is 0 Å². The molecule has 1 fully saturated rings. The maximum absolute atomic E-state index is 12.8. The van der Waals surface area contributed by atoms with Gasteiger partial charge < -0.3 is 15.3 Å². The lowest BCUT2D eigenvalue weighted by Crippen LogP contribution is -2.33. The largest absolute Gasteiger partial charge is 0.494 e. The molecule has 10 heteroatoms. The van der Waals surface area contributed by atoms with Crippen molar-refractivity contribution in [2.45, 2.75) is 39.5 Å². The van der Waals surface area contributed by atoms with E-state index in [0.29, 0.717) is 44.4 Å². The fraction of sp³-hybridized carbons (Fsp3) is 0.478. The number of hydrogen-bond donors (Lipinski definition) is 1. The van der Waals surface area contributed by atoms with Crippen molar-refractivity contribution < 1.29 is 18.0 Å². The third-order valence-corrected chi connectivity index (χ3v) is 7.32. The molecule has 0 saturated carbocycles. The van der Waals surface area contributed by atoms with E-state index >= 15 is 0 Å². The number of aromatic nitrogens is 1. The molecule has 0 unspecified atom stereocenters. The van der Waals surface area contributed by atoms with Crippen molar-refractivity contribution >= 4 is 27.4 Å². The van der Waals surface area contributed by atoms with E-state index in [0.717, 1.165) is 42.7 Å². The lowest BCUT2D eigenvalue weighted by Gasteiger charge is -2.20. The summed E-state index contributed by atoms with van der Waals surface area (Å²) >= 11 is 0. The highest BCUT2D eigenvalue weighted by atomic mass is 32.2. The Labute approximate surface area is 196 Å². The molecule has 0 aliphatic carbocycles. The summed E-state index contributed by atoms with van der Waals surface area (Å²) in [6.45, 7) is 6.47. The number of nitrogen functional groups attached to an aromatic ring is 1. The number of ether oxygens (including phenoxy) is 1. The Kier molecular flexibility index (Phi) is 8.90. The maximum Gasteiger partial charge on any atom is 0.304 e. The topological polar surface area (TPSA) is 110 Å². The van der Waals surface area contributed by atoms with Gasteiger partial charge in [-0.1, -0.05) is 12.1 Å². The fourth-order valence-electron chi connectivity index (χ4n) is 3.62. The molecule has 180 valence electrons. The van der Waals surface area contributed by atoms with E-state index in [1.807, 2.05) is 38.1 Å². The highest BCUT2D eigenvalue weighted by molar-refractivity contribution is 7.90. The molecule has 0 atom stereocenters. The maximum atomic E-state index is 12.8. The summed E-state index contributed by atoms with van der Waals surface area (Å²) in [4.78, 5) is 9.09. The van der Waals surface area contributed by atoms with Gasteiger partial charge in [0, 0.05) is 31.9 Å². The van der Waals surface area contributed by atoms with Gasteiger partial charge in [0.1, 0.15) is 18.2 Å². The molecule has 0 spiro atoms. The summed E-state index contributed by atoms with van der Waals surface area (Å²) in [6, 6.07) is 11.1. The molecule has 2 heterocycles. The molecule has 0 radical (unpaired) electrons. The van der Waals surface area contributed by atoms with Crippen molar-refractivity contribution in [1.82, 2.24) is 9.29 Å². The SMILES string of the molecule is CCON=C(CC)c1ccc(OCCCCCN2CCN(c3ccnc(N)c3)S2(=O)=O)cc1. The van der Waals surface area contributed by atoms with Crippen LogP contribution in [0.1, 0.15) is 45.1 Å². The zero-order valence-electron chi connectivity index (χ0n) is 19.3. The summed E-state index contributed by atoms with van der Waals surface area (Å²) in [5.41, 5.74) is 8.18. The van der Waals surface area contributed by atoms with Crippen LogP contribution in [0.2, 0.25) is 0 Å². The first-order chi connectivity index (χ1) is 16.0. The van der Waals surface area contributed by atoms with Crippen molar-refractivity contribution in [1.29, 1.82) is 0 Å². The van der Waals surface area contributed by atoms with Crippen LogP contribution in [-0.4, -0.2) is 56.3 Å². The van der Waals surface area contributed by atoms with Crippen LogP contribution in [0.3, 0.4) is 0 Å². The number of oxime groups is 1. The summed E-state index contributed by atoms with van der Waals surface area (Å²) in [7, 11) is -3.52. The van der Waals surface area contributed by atoms with Crippen LogP contribution in [0.15, 0.2) is 47.8 Å². The van der Waals surface area contributed by atoms with Gasteiger partial charge in [0.25, 0.3) is 0 Å². The van der Waals surface area contributed by atoms with Crippen LogP contribution in [0.4, 0.5) is 11.5 Å². The Hall–Kier alpha value is -2.85. The first-order valence-electron chi connectivity index (χ1n) is 11.4. The van der Waals surface area contributed by atoms with Gasteiger partial charge in [-0.05, 0) is 68.5 Å². The van der Waals surface area contributed by atoms with Crippen LogP contribution < -0.4 is 14.8 Å². The summed E-state index contributed by atoms with van der Waals surface area (Å²) < 4.78 is 34.4. The molecule has 1 saturated heterocycles. The number of nitrogens with zero attached hydrogens (tertiary/aromatic N) is 4. The highest BCUT2D eigenvalue weighted by Crippen LogP contribution is 2.26. The van der Waals surface area contributed by atoms with Crippen molar-refractivity contribution in [2.75, 3.05) is 42.9 Å². The molecule has 9 nitrogen and oxygen atoms in total. The quantitative estimate of drug-likeness (QED) is 0.286. The lowest BCUT2D eigenvalue weighted by atomic mass is 10.1. The minimum absolute atomic E-state index is 0.306. The summed E-state index contributed by atoms with van der Waals surface area (Å²) in [5.74, 6) is 1.11. The van der Waals surface area contributed by atoms with Gasteiger partial charge in [0.05, 0.1) is 18.0 Å². The van der Waals surface area contributed by atoms with Gasteiger partial charge >= 0.3 is 10.2 Å². The average Bonchev–Trinajstić information content (AvgIpc) is 3.11. The smallest absolute Gasteiger partial charge is 0.304 e. The molecule has 2 N–H and O–H groups in total. The predicted octanol–water partition coefficient (Wildman–Crippen LogP) is 3.43. The van der Waals surface area contributed by atoms with Gasteiger partial charge in [-0.3, -0.25) is 4.31 Å². The second-order valence-corrected chi connectivity index (χ2v) is 9.51. The predicted molar refractivity (Wildman–Crippen MR) is 131 cm³/mol. The third-order valence-electron chi connectivity index (χ3n) is 5.36. The van der Waals surface area contributed by atoms with Crippen molar-refractivity contribution in [2.24, 2.45) is 5.16 Å². The third kappa shape index (κ3) is 6.58. The number of pyridine rings is 1. The van der Waals surface area contributed by atoms with Crippen LogP contribution in [0.25, 0.3) is 0 Å². The Bertz CT molecular complexity index is 1030. The van der Waals surface area contributed by atoms with Gasteiger partial charge in [0.2, 0.25) is 0 Å². The van der Waals surface area contributed by atoms with Crippen LogP contribution in [0.5, 0.6) is 5.75 Å². The number of hydrogen-bond acceptors (Lipinski definition) is 7. The van der Waals surface area contributed by atoms with Gasteiger partial charge in [-0.15, -0.1) is 0 Å². The highest BCUT2D eigenvalue weighted by Gasteiger charge is 2.36. The Morgan fingerprint density at radius 1 is 1.12 bits per heavy atom. The number of benzene rings is 1. The molecular formula is C23H33N5O4S. The first-order valence-corrected chi connectivity index (χ1v) is 12.8. The normalized spacial score (nSPS) is 16.2. The van der Waals surface area contributed by atoms with E-state index in [2.05, 4.69) is 10.1 Å². The number of nitrogens with two attached hydrogens (primary N) is 1. The van der Waals surface area contributed by atoms with E-state index in [1.54, 1.807) is 12.1 Å². The van der Waals surface area contributed by atoms with Gasteiger partial charge in [-0.25, -0.2) is 4.98 Å². The molecule has 0 bridgehead atoms. The van der Waals surface area contributed by atoms with Gasteiger partial charge in [0.15, 0.2) is 0 Å². The monoisotopic (exact) mass is 475 g/mol. The first kappa shape index (κ1) is 24.8. The van der Waals surface area contributed by atoms with Gasteiger partial charge in [-0.2, -0.15) is 12.7 Å². The average molecular weight is 476 g/mol. The molecule has 1 aliphatic rings. The molecule has 3 rings (SSSR count). The lowest BCUT2D eigenvalue weighted by molar-refractivity contribution is 0.158. The van der Waals surface area contributed by atoms with Crippen LogP contribution >= 0.6 is 0 Å². The molecule has 1 aromatic carbocycles. The number of anilines is 2. The van der Waals surface area contributed by atoms with E-state index in [4.69, 9.17) is 15.3 Å². The summed E-state index contributed by atoms with van der Waals surface area (Å²) in [6.07, 6.45) is 4.83. The Morgan fingerprint density at radius 3 is 2.61 bits per heavy atom. The van der Waals surface area contributed by atoms with Crippen molar-refractivity contribution in [3.05, 3.63) is 48.2 Å². The second kappa shape index (κ2) is 11.9. The molecule has 1 aromatic heterocycles. The van der Waals surface area contributed by atoms with Crippen LogP contribution in [-0.2, 0) is 15.0 Å². The second-order valence-electron chi connectivity index (χ2n) is 7.66. The van der Waals surface area contributed by atoms with Crippen molar-refractivity contribution in [3.8, 4) is 5.75 Å². The number of rotatable bonds is 12.